The van der Waals surface area contributed by atoms with Gasteiger partial charge in [-0.05, 0) is 104 Å². The maximum atomic E-state index is 2.72. The van der Waals surface area contributed by atoms with Crippen LogP contribution in [0.5, 0.6) is 0 Å². The van der Waals surface area contributed by atoms with Crippen molar-refractivity contribution in [3.8, 4) is 0 Å². The molecule has 0 heteroatoms. The molecule has 0 spiro atoms. The molecule has 0 amide bonds. The fourth-order valence-electron chi connectivity index (χ4n) is 8.61. The molecule has 0 aromatic heterocycles. The van der Waals surface area contributed by atoms with E-state index in [1.165, 1.54) is 25.7 Å². The largest absolute Gasteiger partial charge is 0.0625 e. The first-order chi connectivity index (χ1) is 10.9. The minimum absolute atomic E-state index is 0.681. The van der Waals surface area contributed by atoms with Crippen LogP contribution >= 0.6 is 0 Å². The Morgan fingerprint density at radius 1 is 0.783 bits per heavy atom. The van der Waals surface area contributed by atoms with Crippen molar-refractivity contribution >= 4 is 0 Å². The molecule has 4 rings (SSSR count). The molecule has 0 bridgehead atoms. The molecular weight excluding hydrogens is 276 g/mol. The number of rotatable bonds is 1. The third kappa shape index (κ3) is 2.29. The van der Waals surface area contributed by atoms with Crippen molar-refractivity contribution in [1.29, 1.82) is 0 Å². The lowest BCUT2D eigenvalue weighted by Crippen LogP contribution is -2.53. The van der Waals surface area contributed by atoms with Crippen LogP contribution in [-0.4, -0.2) is 0 Å². The Kier molecular flexibility index (Phi) is 3.94. The lowest BCUT2D eigenvalue weighted by Gasteiger charge is -2.61. The number of fused-ring (bicyclic) bond motifs is 5. The normalized spacial score (nSPS) is 56.1. The van der Waals surface area contributed by atoms with Crippen molar-refractivity contribution in [2.75, 3.05) is 0 Å². The third-order valence-electron chi connectivity index (χ3n) is 9.81. The first-order valence-electron chi connectivity index (χ1n) is 10.9. The van der Waals surface area contributed by atoms with Gasteiger partial charge in [0.2, 0.25) is 0 Å². The number of hydrogen-bond donors (Lipinski definition) is 0. The van der Waals surface area contributed by atoms with Gasteiger partial charge < -0.3 is 0 Å². The van der Waals surface area contributed by atoms with Gasteiger partial charge >= 0.3 is 0 Å². The maximum absolute atomic E-state index is 2.72. The van der Waals surface area contributed by atoms with E-state index in [9.17, 15) is 0 Å². The molecule has 0 heterocycles. The van der Waals surface area contributed by atoms with Crippen molar-refractivity contribution in [1.82, 2.24) is 0 Å². The molecule has 7 unspecified atom stereocenters. The van der Waals surface area contributed by atoms with E-state index in [-0.39, 0.29) is 0 Å². The molecular formula is C23H40. The van der Waals surface area contributed by atoms with Crippen molar-refractivity contribution in [2.24, 2.45) is 52.3 Å². The van der Waals surface area contributed by atoms with Gasteiger partial charge in [0.25, 0.3) is 0 Å². The van der Waals surface area contributed by atoms with E-state index in [4.69, 9.17) is 0 Å². The van der Waals surface area contributed by atoms with E-state index in [1.54, 1.807) is 32.1 Å². The van der Waals surface area contributed by atoms with E-state index >= 15 is 0 Å². The summed E-state index contributed by atoms with van der Waals surface area (Å²) in [6, 6.07) is 0. The average Bonchev–Trinajstić information content (AvgIpc) is 2.85. The zero-order valence-electron chi connectivity index (χ0n) is 16.4. The van der Waals surface area contributed by atoms with Crippen molar-refractivity contribution < 1.29 is 0 Å². The van der Waals surface area contributed by atoms with Gasteiger partial charge in [0, 0.05) is 0 Å². The summed E-state index contributed by atoms with van der Waals surface area (Å²) in [6.45, 7) is 12.9. The van der Waals surface area contributed by atoms with E-state index in [0.29, 0.717) is 10.8 Å². The summed E-state index contributed by atoms with van der Waals surface area (Å²) in [7, 11) is 0. The summed E-state index contributed by atoms with van der Waals surface area (Å²) < 4.78 is 0. The summed E-state index contributed by atoms with van der Waals surface area (Å²) in [6.07, 6.45) is 13.9. The lowest BCUT2D eigenvalue weighted by atomic mass is 9.44. The van der Waals surface area contributed by atoms with E-state index < -0.39 is 0 Å². The zero-order valence-corrected chi connectivity index (χ0v) is 16.4. The second-order valence-corrected chi connectivity index (χ2v) is 11.0. The molecule has 0 aromatic carbocycles. The number of hydrogen-bond acceptors (Lipinski definition) is 0. The Labute approximate surface area is 145 Å². The Bertz CT molecular complexity index is 451. The summed E-state index contributed by atoms with van der Waals surface area (Å²) >= 11 is 0. The Morgan fingerprint density at radius 2 is 1.48 bits per heavy atom. The highest BCUT2D eigenvalue weighted by atomic mass is 14.6. The van der Waals surface area contributed by atoms with Crippen LogP contribution in [-0.2, 0) is 0 Å². The quantitative estimate of drug-likeness (QED) is 0.491. The lowest BCUT2D eigenvalue weighted by molar-refractivity contribution is -0.119. The molecule has 0 saturated heterocycles. The molecule has 4 fully saturated rings. The SMILES string of the molecule is CC1CCC2(C)C(CCC3C2CC[C@]2(C)C(C(C)C)CCC32)C1. The second kappa shape index (κ2) is 5.50. The molecule has 4 aliphatic carbocycles. The van der Waals surface area contributed by atoms with Crippen molar-refractivity contribution in [3.05, 3.63) is 0 Å². The smallest absolute Gasteiger partial charge is 0.0264 e. The fraction of sp³-hybridized carbons (Fsp3) is 1.00. The maximum Gasteiger partial charge on any atom is -0.0264 e. The van der Waals surface area contributed by atoms with E-state index in [0.717, 1.165) is 41.4 Å². The Hall–Kier alpha value is 0. The molecule has 8 atom stereocenters. The topological polar surface area (TPSA) is 0 Å². The van der Waals surface area contributed by atoms with Gasteiger partial charge in [0.05, 0.1) is 0 Å². The minimum atomic E-state index is 0.681. The third-order valence-corrected chi connectivity index (χ3v) is 9.81. The monoisotopic (exact) mass is 316 g/mol. The Balaban J connectivity index is 1.60. The Morgan fingerprint density at radius 3 is 2.22 bits per heavy atom. The summed E-state index contributed by atoms with van der Waals surface area (Å²) in [5.41, 5.74) is 1.38. The van der Waals surface area contributed by atoms with Crippen LogP contribution in [0.4, 0.5) is 0 Å². The second-order valence-electron chi connectivity index (χ2n) is 11.0. The fourth-order valence-corrected chi connectivity index (χ4v) is 8.61. The molecule has 23 heavy (non-hydrogen) atoms. The molecule has 0 radical (unpaired) electrons. The standard InChI is InChI=1S/C23H40/c1-15(2)19-8-9-20-18-7-6-17-14-16(3)10-12-22(17,4)21(18)11-13-23(19,20)5/h15-21H,6-14H2,1-5H3/t16?,17?,18?,19?,20?,21?,22?,23-/m1/s1. The minimum Gasteiger partial charge on any atom is -0.0625 e. The van der Waals surface area contributed by atoms with Crippen LogP contribution < -0.4 is 0 Å². The van der Waals surface area contributed by atoms with Crippen LogP contribution in [0.1, 0.15) is 92.4 Å². The van der Waals surface area contributed by atoms with Gasteiger partial charge in [-0.25, -0.2) is 0 Å². The van der Waals surface area contributed by atoms with Crippen LogP contribution in [0.2, 0.25) is 0 Å². The van der Waals surface area contributed by atoms with Crippen molar-refractivity contribution in [2.45, 2.75) is 92.4 Å². The van der Waals surface area contributed by atoms with Gasteiger partial charge in [-0.15, -0.1) is 0 Å². The van der Waals surface area contributed by atoms with E-state index in [2.05, 4.69) is 34.6 Å². The molecule has 4 saturated carbocycles. The van der Waals surface area contributed by atoms with Crippen LogP contribution in [0.25, 0.3) is 0 Å². The zero-order chi connectivity index (χ0) is 16.4. The van der Waals surface area contributed by atoms with Crippen molar-refractivity contribution in [3.63, 3.8) is 0 Å². The molecule has 132 valence electrons. The van der Waals surface area contributed by atoms with Crippen LogP contribution in [0.15, 0.2) is 0 Å². The van der Waals surface area contributed by atoms with Gasteiger partial charge in [0.15, 0.2) is 0 Å². The van der Waals surface area contributed by atoms with Gasteiger partial charge in [0.1, 0.15) is 0 Å². The first-order valence-corrected chi connectivity index (χ1v) is 10.9. The van der Waals surface area contributed by atoms with Crippen LogP contribution in [0.3, 0.4) is 0 Å². The first kappa shape index (κ1) is 16.5. The molecule has 0 aromatic rings. The molecule has 0 aliphatic heterocycles. The summed E-state index contributed by atoms with van der Waals surface area (Å²) in [5.74, 6) is 7.15. The average molecular weight is 317 g/mol. The van der Waals surface area contributed by atoms with E-state index in [1.807, 2.05) is 0 Å². The molecule has 0 N–H and O–H groups in total. The summed E-state index contributed by atoms with van der Waals surface area (Å²) in [4.78, 5) is 0. The molecule has 0 nitrogen and oxygen atoms in total. The van der Waals surface area contributed by atoms with Gasteiger partial charge in [-0.3, -0.25) is 0 Å². The highest BCUT2D eigenvalue weighted by Crippen LogP contribution is 2.68. The predicted octanol–water partition coefficient (Wildman–Crippen LogP) is 6.94. The summed E-state index contributed by atoms with van der Waals surface area (Å²) in [5, 5.41) is 0. The highest BCUT2D eigenvalue weighted by Gasteiger charge is 2.60. The van der Waals surface area contributed by atoms with Gasteiger partial charge in [-0.2, -0.15) is 0 Å². The van der Waals surface area contributed by atoms with Gasteiger partial charge in [-0.1, -0.05) is 41.0 Å². The predicted molar refractivity (Wildman–Crippen MR) is 99.2 cm³/mol. The molecule has 4 aliphatic rings. The highest BCUT2D eigenvalue weighted by molar-refractivity contribution is 5.09. The van der Waals surface area contributed by atoms with Crippen LogP contribution in [0, 0.1) is 52.3 Å².